The predicted octanol–water partition coefficient (Wildman–Crippen LogP) is 2.91. The molecule has 5 nitrogen and oxygen atoms in total. The molecule has 3 aliphatic heterocycles. The number of benzene rings is 1. The van der Waals surface area contributed by atoms with Crippen molar-refractivity contribution in [1.29, 1.82) is 0 Å². The Hall–Kier alpha value is -2.01. The summed E-state index contributed by atoms with van der Waals surface area (Å²) in [6, 6.07) is 8.71. The van der Waals surface area contributed by atoms with Gasteiger partial charge >= 0.3 is 6.03 Å². The van der Waals surface area contributed by atoms with Crippen LogP contribution in [0.25, 0.3) is 11.0 Å². The van der Waals surface area contributed by atoms with Crippen molar-refractivity contribution >= 4 is 17.0 Å². The molecule has 24 heavy (non-hydrogen) atoms. The molecular weight excluding hydrogens is 302 g/mol. The summed E-state index contributed by atoms with van der Waals surface area (Å²) in [7, 11) is 1.87. The first kappa shape index (κ1) is 14.3. The molecule has 3 aliphatic rings. The number of amides is 2. The topological polar surface area (TPSA) is 48.7 Å². The predicted molar refractivity (Wildman–Crippen MR) is 92.0 cm³/mol. The van der Waals surface area contributed by atoms with Gasteiger partial charge in [0.15, 0.2) is 0 Å². The highest BCUT2D eigenvalue weighted by Crippen LogP contribution is 2.45. The molecular formula is C19H23N3O2. The third-order valence-corrected chi connectivity index (χ3v) is 6.23. The standard InChI is InChI=1S/C19H23N3O2/c1-21-10-7-19(20-18(21)23)8-11-22-9-6-14-13-4-2-3-5-16(13)24-17(14)15(22)12-19/h2-5,15H,6-12H2,1H3,(H,20,23). The van der Waals surface area contributed by atoms with Gasteiger partial charge in [0.1, 0.15) is 11.3 Å². The maximum Gasteiger partial charge on any atom is 0.317 e. The molecule has 2 amide bonds. The van der Waals surface area contributed by atoms with Crippen LogP contribution in [0.1, 0.15) is 36.6 Å². The van der Waals surface area contributed by atoms with Crippen LogP contribution < -0.4 is 5.32 Å². The van der Waals surface area contributed by atoms with E-state index in [-0.39, 0.29) is 11.6 Å². The molecule has 0 bridgehead atoms. The molecule has 2 atom stereocenters. The molecule has 2 unspecified atom stereocenters. The third kappa shape index (κ3) is 2.00. The summed E-state index contributed by atoms with van der Waals surface area (Å²) in [6.07, 6.45) is 4.08. The van der Waals surface area contributed by atoms with Gasteiger partial charge in [-0.05, 0) is 31.7 Å². The number of furan rings is 1. The number of carbonyl (C=O) groups excluding carboxylic acids is 1. The van der Waals surface area contributed by atoms with E-state index in [0.29, 0.717) is 6.04 Å². The molecule has 2 aromatic rings. The SMILES string of the molecule is CN1CCC2(CCN3CCc4c(oc5ccccc45)C3C2)NC1=O. The average molecular weight is 325 g/mol. The van der Waals surface area contributed by atoms with E-state index < -0.39 is 0 Å². The Kier molecular flexibility index (Phi) is 2.98. The van der Waals surface area contributed by atoms with Gasteiger partial charge in [0.2, 0.25) is 0 Å². The number of piperidine rings is 1. The van der Waals surface area contributed by atoms with E-state index in [1.54, 1.807) is 4.90 Å². The van der Waals surface area contributed by atoms with Crippen LogP contribution in [0.4, 0.5) is 4.79 Å². The molecule has 1 spiro atoms. The van der Waals surface area contributed by atoms with Crippen LogP contribution in [-0.4, -0.2) is 48.1 Å². The van der Waals surface area contributed by atoms with Gasteiger partial charge in [0.25, 0.3) is 0 Å². The highest BCUT2D eigenvalue weighted by Gasteiger charge is 2.46. The number of carbonyl (C=O) groups is 1. The fourth-order valence-electron chi connectivity index (χ4n) is 4.75. The fourth-order valence-corrected chi connectivity index (χ4v) is 4.75. The summed E-state index contributed by atoms with van der Waals surface area (Å²) in [5.41, 5.74) is 2.30. The Bertz CT molecular complexity index is 814. The van der Waals surface area contributed by atoms with Gasteiger partial charge in [-0.2, -0.15) is 0 Å². The molecule has 4 heterocycles. The van der Waals surface area contributed by atoms with Crippen molar-refractivity contribution in [3.8, 4) is 0 Å². The van der Waals surface area contributed by atoms with Crippen molar-refractivity contribution in [2.75, 3.05) is 26.7 Å². The highest BCUT2D eigenvalue weighted by atomic mass is 16.3. The molecule has 126 valence electrons. The molecule has 5 heteroatoms. The summed E-state index contributed by atoms with van der Waals surface area (Å²) in [4.78, 5) is 16.5. The first-order valence-electron chi connectivity index (χ1n) is 8.93. The summed E-state index contributed by atoms with van der Waals surface area (Å²) < 4.78 is 6.28. The van der Waals surface area contributed by atoms with Crippen LogP contribution in [-0.2, 0) is 6.42 Å². The first-order valence-corrected chi connectivity index (χ1v) is 8.93. The zero-order valence-electron chi connectivity index (χ0n) is 14.0. The number of nitrogens with one attached hydrogen (secondary N) is 1. The lowest BCUT2D eigenvalue weighted by atomic mass is 9.77. The minimum Gasteiger partial charge on any atom is -0.459 e. The number of hydrogen-bond acceptors (Lipinski definition) is 3. The van der Waals surface area contributed by atoms with E-state index in [0.717, 1.165) is 56.7 Å². The Labute approximate surface area is 141 Å². The van der Waals surface area contributed by atoms with Crippen molar-refractivity contribution in [1.82, 2.24) is 15.1 Å². The molecule has 0 aliphatic carbocycles. The summed E-state index contributed by atoms with van der Waals surface area (Å²) in [5, 5.41) is 4.56. The van der Waals surface area contributed by atoms with Crippen molar-refractivity contribution in [2.45, 2.75) is 37.3 Å². The fraction of sp³-hybridized carbons (Fsp3) is 0.526. The number of fused-ring (bicyclic) bond motifs is 5. The molecule has 5 rings (SSSR count). The van der Waals surface area contributed by atoms with E-state index in [2.05, 4.69) is 28.4 Å². The van der Waals surface area contributed by atoms with Gasteiger partial charge in [-0.15, -0.1) is 0 Å². The smallest absolute Gasteiger partial charge is 0.317 e. The Balaban J connectivity index is 1.52. The molecule has 1 N–H and O–H groups in total. The van der Waals surface area contributed by atoms with Crippen LogP contribution in [0.3, 0.4) is 0 Å². The maximum atomic E-state index is 12.2. The molecule has 1 aromatic heterocycles. The lowest BCUT2D eigenvalue weighted by Gasteiger charge is -2.50. The lowest BCUT2D eigenvalue weighted by molar-refractivity contribution is 0.0408. The minimum absolute atomic E-state index is 0.0651. The summed E-state index contributed by atoms with van der Waals surface area (Å²) >= 11 is 0. The number of rotatable bonds is 0. The van der Waals surface area contributed by atoms with Crippen LogP contribution >= 0.6 is 0 Å². The van der Waals surface area contributed by atoms with Crippen LogP contribution in [0.5, 0.6) is 0 Å². The summed E-state index contributed by atoms with van der Waals surface area (Å²) in [6.45, 7) is 2.96. The molecule has 2 saturated heterocycles. The maximum absolute atomic E-state index is 12.2. The summed E-state index contributed by atoms with van der Waals surface area (Å²) in [5.74, 6) is 1.13. The normalized spacial score (nSPS) is 30.3. The third-order valence-electron chi connectivity index (χ3n) is 6.23. The highest BCUT2D eigenvalue weighted by molar-refractivity contribution is 5.82. The zero-order chi connectivity index (χ0) is 16.3. The van der Waals surface area contributed by atoms with E-state index in [9.17, 15) is 4.79 Å². The van der Waals surface area contributed by atoms with E-state index >= 15 is 0 Å². The largest absolute Gasteiger partial charge is 0.459 e. The van der Waals surface area contributed by atoms with Crippen LogP contribution in [0.15, 0.2) is 28.7 Å². The van der Waals surface area contributed by atoms with Crippen molar-refractivity contribution < 1.29 is 9.21 Å². The number of hydrogen-bond donors (Lipinski definition) is 1. The quantitative estimate of drug-likeness (QED) is 0.810. The van der Waals surface area contributed by atoms with Gasteiger partial charge < -0.3 is 14.6 Å². The van der Waals surface area contributed by atoms with Crippen LogP contribution in [0.2, 0.25) is 0 Å². The first-order chi connectivity index (χ1) is 11.7. The second kappa shape index (κ2) is 4.99. The lowest BCUT2D eigenvalue weighted by Crippen LogP contribution is -2.63. The van der Waals surface area contributed by atoms with Gasteiger partial charge in [-0.1, -0.05) is 18.2 Å². The number of para-hydroxylation sites is 1. The van der Waals surface area contributed by atoms with E-state index in [1.807, 2.05) is 13.1 Å². The van der Waals surface area contributed by atoms with Crippen molar-refractivity contribution in [2.24, 2.45) is 0 Å². The minimum atomic E-state index is -0.0711. The molecule has 0 radical (unpaired) electrons. The average Bonchev–Trinajstić information content (AvgIpc) is 2.98. The second-order valence-electron chi connectivity index (χ2n) is 7.58. The zero-order valence-corrected chi connectivity index (χ0v) is 14.0. The molecule has 0 saturated carbocycles. The van der Waals surface area contributed by atoms with E-state index in [1.165, 1.54) is 10.9 Å². The van der Waals surface area contributed by atoms with Crippen LogP contribution in [0, 0.1) is 0 Å². The Morgan fingerprint density at radius 2 is 2.04 bits per heavy atom. The van der Waals surface area contributed by atoms with Crippen molar-refractivity contribution in [3.05, 3.63) is 35.6 Å². The molecule has 2 fully saturated rings. The Morgan fingerprint density at radius 3 is 2.92 bits per heavy atom. The van der Waals surface area contributed by atoms with Crippen molar-refractivity contribution in [3.63, 3.8) is 0 Å². The molecule has 1 aromatic carbocycles. The Morgan fingerprint density at radius 1 is 1.21 bits per heavy atom. The number of urea groups is 1. The monoisotopic (exact) mass is 325 g/mol. The van der Waals surface area contributed by atoms with Gasteiger partial charge in [0.05, 0.1) is 6.04 Å². The van der Waals surface area contributed by atoms with Gasteiger partial charge in [0, 0.05) is 43.2 Å². The van der Waals surface area contributed by atoms with E-state index in [4.69, 9.17) is 4.42 Å². The second-order valence-corrected chi connectivity index (χ2v) is 7.58. The van der Waals surface area contributed by atoms with Gasteiger partial charge in [-0.25, -0.2) is 4.79 Å². The number of nitrogens with zero attached hydrogens (tertiary/aromatic N) is 2. The van der Waals surface area contributed by atoms with Gasteiger partial charge in [-0.3, -0.25) is 4.90 Å².